The van der Waals surface area contributed by atoms with E-state index in [4.69, 9.17) is 14.5 Å². The van der Waals surface area contributed by atoms with Crippen LogP contribution in [0.1, 0.15) is 22.1 Å². The van der Waals surface area contributed by atoms with E-state index in [0.717, 1.165) is 34.7 Å². The second-order valence-electron chi connectivity index (χ2n) is 6.83. The van der Waals surface area contributed by atoms with Gasteiger partial charge >= 0.3 is 0 Å². The van der Waals surface area contributed by atoms with Crippen molar-refractivity contribution in [1.82, 2.24) is 25.0 Å². The van der Waals surface area contributed by atoms with Crippen molar-refractivity contribution in [3.8, 4) is 11.5 Å². The third kappa shape index (κ3) is 6.57. The van der Waals surface area contributed by atoms with Gasteiger partial charge in [-0.15, -0.1) is 45.5 Å². The van der Waals surface area contributed by atoms with Gasteiger partial charge in [0.1, 0.15) is 23.9 Å². The first-order valence-corrected chi connectivity index (χ1v) is 10.5. The average molecular weight is 556 g/mol. The molecule has 0 spiro atoms. The number of aliphatic imine (C=N–C) groups is 1. The van der Waals surface area contributed by atoms with Crippen LogP contribution in [0.25, 0.3) is 0 Å². The first kappa shape index (κ1) is 24.9. The van der Waals surface area contributed by atoms with E-state index in [1.165, 1.54) is 4.88 Å². The summed E-state index contributed by atoms with van der Waals surface area (Å²) in [6.45, 7) is 3.70. The fourth-order valence-corrected chi connectivity index (χ4v) is 3.58. The van der Waals surface area contributed by atoms with Crippen LogP contribution in [0.15, 0.2) is 40.7 Å². The van der Waals surface area contributed by atoms with Gasteiger partial charge in [-0.2, -0.15) is 0 Å². The Morgan fingerprint density at radius 2 is 2.03 bits per heavy atom. The molecule has 0 saturated carbocycles. The lowest BCUT2D eigenvalue weighted by molar-refractivity contribution is 0.382. The molecule has 0 saturated heterocycles. The fourth-order valence-electron chi connectivity index (χ4n) is 2.94. The number of nitrogens with zero attached hydrogens (tertiary/aromatic N) is 5. The number of hydrogen-bond acceptors (Lipinski definition) is 6. The van der Waals surface area contributed by atoms with Gasteiger partial charge in [0.2, 0.25) is 0 Å². The molecule has 1 aromatic carbocycles. The second kappa shape index (κ2) is 11.9. The molecule has 0 amide bonds. The Labute approximate surface area is 204 Å². The molecule has 0 atom stereocenters. The Hall–Kier alpha value is -2.34. The van der Waals surface area contributed by atoms with E-state index in [2.05, 4.69) is 31.9 Å². The van der Waals surface area contributed by atoms with Crippen LogP contribution in [0.4, 0.5) is 0 Å². The molecule has 168 valence electrons. The van der Waals surface area contributed by atoms with Crippen molar-refractivity contribution in [2.45, 2.75) is 26.6 Å². The Bertz CT molecular complexity index is 990. The molecule has 31 heavy (non-hydrogen) atoms. The van der Waals surface area contributed by atoms with Crippen LogP contribution >= 0.6 is 35.3 Å². The zero-order valence-corrected chi connectivity index (χ0v) is 21.6. The minimum atomic E-state index is 0. The highest BCUT2D eigenvalue weighted by Gasteiger charge is 2.13. The fraction of sp³-hybridized carbons (Fsp3) is 0.381. The number of aryl methyl sites for hydroxylation is 1. The van der Waals surface area contributed by atoms with Crippen molar-refractivity contribution in [2.24, 2.45) is 12.0 Å². The van der Waals surface area contributed by atoms with Crippen molar-refractivity contribution in [3.05, 3.63) is 57.8 Å². The number of guanidine groups is 1. The third-order valence-electron chi connectivity index (χ3n) is 4.82. The van der Waals surface area contributed by atoms with Crippen molar-refractivity contribution in [1.29, 1.82) is 0 Å². The normalized spacial score (nSPS) is 11.1. The van der Waals surface area contributed by atoms with Crippen molar-refractivity contribution < 1.29 is 9.47 Å². The molecule has 3 aromatic rings. The first-order chi connectivity index (χ1) is 14.5. The number of halogens is 1. The lowest BCUT2D eigenvalue weighted by Crippen LogP contribution is -2.38. The molecule has 3 rings (SSSR count). The Morgan fingerprint density at radius 3 is 2.65 bits per heavy atom. The number of methoxy groups -OCH3 is 2. The Balaban J connectivity index is 0.00000341. The van der Waals surface area contributed by atoms with Crippen LogP contribution in [-0.2, 0) is 26.7 Å². The molecule has 0 aliphatic rings. The first-order valence-electron chi connectivity index (χ1n) is 9.59. The molecule has 1 N–H and O–H groups in total. The standard InChI is InChI=1S/C21H28N6O2S.HI/c1-15-24-25-20(27(15)3)13-23-21(22-12-18-7-6-10-30-18)26(2)14-16-8-9-17(28-4)11-19(16)29-5;/h6-11H,12-14H2,1-5H3,(H,22,23);1H. The lowest BCUT2D eigenvalue weighted by Gasteiger charge is -2.23. The third-order valence-corrected chi connectivity index (χ3v) is 5.69. The molecule has 10 heteroatoms. The van der Waals surface area contributed by atoms with E-state index in [-0.39, 0.29) is 24.0 Å². The van der Waals surface area contributed by atoms with Crippen LogP contribution in [0.2, 0.25) is 0 Å². The van der Waals surface area contributed by atoms with Crippen molar-refractivity contribution in [3.63, 3.8) is 0 Å². The van der Waals surface area contributed by atoms with Gasteiger partial charge in [-0.25, -0.2) is 4.99 Å². The van der Waals surface area contributed by atoms with Crippen LogP contribution in [-0.4, -0.2) is 46.9 Å². The van der Waals surface area contributed by atoms with E-state index in [1.807, 2.05) is 49.9 Å². The summed E-state index contributed by atoms with van der Waals surface area (Å²) >= 11 is 1.71. The number of aromatic nitrogens is 3. The maximum Gasteiger partial charge on any atom is 0.194 e. The summed E-state index contributed by atoms with van der Waals surface area (Å²) in [4.78, 5) is 8.11. The van der Waals surface area contributed by atoms with Gasteiger partial charge in [-0.3, -0.25) is 0 Å². The molecule has 2 aromatic heterocycles. The quantitative estimate of drug-likeness (QED) is 0.260. The Kier molecular flexibility index (Phi) is 9.56. The van der Waals surface area contributed by atoms with Gasteiger partial charge in [0.25, 0.3) is 0 Å². The molecule has 0 radical (unpaired) electrons. The van der Waals surface area contributed by atoms with Gasteiger partial charge in [0, 0.05) is 37.1 Å². The number of ether oxygens (including phenoxy) is 2. The van der Waals surface area contributed by atoms with E-state index in [1.54, 1.807) is 25.6 Å². The lowest BCUT2D eigenvalue weighted by atomic mass is 10.2. The summed E-state index contributed by atoms with van der Waals surface area (Å²) in [6, 6.07) is 9.99. The monoisotopic (exact) mass is 556 g/mol. The van der Waals surface area contributed by atoms with Gasteiger partial charge in [-0.1, -0.05) is 6.07 Å². The predicted molar refractivity (Wildman–Crippen MR) is 134 cm³/mol. The average Bonchev–Trinajstić information content (AvgIpc) is 3.39. The van der Waals surface area contributed by atoms with E-state index in [0.29, 0.717) is 19.6 Å². The molecular weight excluding hydrogens is 527 g/mol. The molecule has 2 heterocycles. The van der Waals surface area contributed by atoms with Gasteiger partial charge in [0.15, 0.2) is 11.8 Å². The highest BCUT2D eigenvalue weighted by atomic mass is 127. The minimum Gasteiger partial charge on any atom is -0.497 e. The zero-order chi connectivity index (χ0) is 21.5. The summed E-state index contributed by atoms with van der Waals surface area (Å²) in [5, 5.41) is 13.9. The van der Waals surface area contributed by atoms with Gasteiger partial charge in [-0.05, 0) is 30.5 Å². The largest absolute Gasteiger partial charge is 0.497 e. The molecule has 0 fully saturated rings. The number of thiophene rings is 1. The molecule has 0 unspecified atom stereocenters. The van der Waals surface area contributed by atoms with E-state index >= 15 is 0 Å². The number of benzene rings is 1. The summed E-state index contributed by atoms with van der Waals surface area (Å²) in [5.41, 5.74) is 1.04. The molecule has 0 bridgehead atoms. The number of hydrogen-bond donors (Lipinski definition) is 1. The van der Waals surface area contributed by atoms with Crippen molar-refractivity contribution >= 4 is 41.3 Å². The summed E-state index contributed by atoms with van der Waals surface area (Å²) in [5.74, 6) is 4.01. The minimum absolute atomic E-state index is 0. The second-order valence-corrected chi connectivity index (χ2v) is 7.86. The number of rotatable bonds is 8. The maximum absolute atomic E-state index is 5.55. The van der Waals surface area contributed by atoms with Gasteiger partial charge < -0.3 is 24.3 Å². The summed E-state index contributed by atoms with van der Waals surface area (Å²) in [7, 11) is 7.27. The van der Waals surface area contributed by atoms with Crippen LogP contribution in [0, 0.1) is 6.92 Å². The van der Waals surface area contributed by atoms with E-state index in [9.17, 15) is 0 Å². The highest BCUT2D eigenvalue weighted by molar-refractivity contribution is 14.0. The summed E-state index contributed by atoms with van der Waals surface area (Å²) < 4.78 is 12.8. The van der Waals surface area contributed by atoms with Crippen LogP contribution in [0.5, 0.6) is 11.5 Å². The van der Waals surface area contributed by atoms with Crippen LogP contribution < -0.4 is 14.8 Å². The van der Waals surface area contributed by atoms with Crippen molar-refractivity contribution in [2.75, 3.05) is 21.3 Å². The molecule has 0 aliphatic heterocycles. The molecular formula is C21H29IN6O2S. The number of nitrogens with one attached hydrogen (secondary N) is 1. The van der Waals surface area contributed by atoms with E-state index < -0.39 is 0 Å². The molecule has 8 nitrogen and oxygen atoms in total. The maximum atomic E-state index is 5.55. The topological polar surface area (TPSA) is 76.8 Å². The smallest absolute Gasteiger partial charge is 0.194 e. The Morgan fingerprint density at radius 1 is 1.23 bits per heavy atom. The molecule has 0 aliphatic carbocycles. The predicted octanol–water partition coefficient (Wildman–Crippen LogP) is 3.60. The van der Waals surface area contributed by atoms with Gasteiger partial charge in [0.05, 0.1) is 20.8 Å². The summed E-state index contributed by atoms with van der Waals surface area (Å²) in [6.07, 6.45) is 0. The highest BCUT2D eigenvalue weighted by Crippen LogP contribution is 2.25. The SMILES string of the molecule is COc1ccc(CN(C)C(=NCc2nnc(C)n2C)NCc2cccs2)c(OC)c1.I. The zero-order valence-electron chi connectivity index (χ0n) is 18.5. The van der Waals surface area contributed by atoms with Crippen LogP contribution in [0.3, 0.4) is 0 Å².